The fraction of sp³-hybridized carbons (Fsp3) is 0.429. The minimum atomic E-state index is -0.309. The number of rotatable bonds is 5. The summed E-state index contributed by atoms with van der Waals surface area (Å²) in [7, 11) is 0. The maximum absolute atomic E-state index is 12.1. The summed E-state index contributed by atoms with van der Waals surface area (Å²) in [4.78, 5) is 25.2. The molecule has 0 atom stereocenters. The zero-order valence-electron chi connectivity index (χ0n) is 12.1. The van der Waals surface area contributed by atoms with Gasteiger partial charge in [0.2, 0.25) is 5.91 Å². The summed E-state index contributed by atoms with van der Waals surface area (Å²) in [6, 6.07) is 6.59. The highest BCUT2D eigenvalue weighted by molar-refractivity contribution is 5.92. The van der Waals surface area contributed by atoms with Crippen LogP contribution < -0.4 is 16.4 Å². The van der Waals surface area contributed by atoms with Gasteiger partial charge in [0, 0.05) is 24.0 Å². The fourth-order valence-corrected chi connectivity index (χ4v) is 1.64. The molecular weight excluding hydrogens is 256 g/mol. The maximum Gasteiger partial charge on any atom is 0.322 e. The third-order valence-corrected chi connectivity index (χ3v) is 2.62. The lowest BCUT2D eigenvalue weighted by molar-refractivity contribution is -0.122. The molecule has 1 aromatic carbocycles. The Morgan fingerprint density at radius 1 is 1.25 bits per heavy atom. The summed E-state index contributed by atoms with van der Waals surface area (Å²) in [5.74, 6) is -0.172. The standard InChI is InChI=1S/C14H22N4O2/c1-4-18(9-13(19)16-10(2)3)14(20)17-12-7-5-11(15)6-8-12/h5-8,10H,4,9,15H2,1-3H3,(H,16,19)(H,17,20). The summed E-state index contributed by atoms with van der Waals surface area (Å²) < 4.78 is 0. The van der Waals surface area contributed by atoms with Gasteiger partial charge < -0.3 is 21.3 Å². The zero-order chi connectivity index (χ0) is 15.1. The Morgan fingerprint density at radius 3 is 2.35 bits per heavy atom. The molecule has 0 unspecified atom stereocenters. The number of hydrogen-bond donors (Lipinski definition) is 3. The summed E-state index contributed by atoms with van der Waals surface area (Å²) in [6.07, 6.45) is 0. The largest absolute Gasteiger partial charge is 0.399 e. The number of likely N-dealkylation sites (N-methyl/N-ethyl adjacent to an activating group) is 1. The Balaban J connectivity index is 2.58. The third kappa shape index (κ3) is 5.17. The number of anilines is 2. The highest BCUT2D eigenvalue weighted by atomic mass is 16.2. The molecule has 0 saturated carbocycles. The van der Waals surface area contributed by atoms with E-state index in [1.807, 2.05) is 20.8 Å². The van der Waals surface area contributed by atoms with Gasteiger partial charge in [-0.1, -0.05) is 0 Å². The predicted molar refractivity (Wildman–Crippen MR) is 80.4 cm³/mol. The topological polar surface area (TPSA) is 87.5 Å². The van der Waals surface area contributed by atoms with Crippen molar-refractivity contribution in [3.05, 3.63) is 24.3 Å². The molecule has 0 spiro atoms. The van der Waals surface area contributed by atoms with Crippen LogP contribution in [0.15, 0.2) is 24.3 Å². The molecule has 1 rings (SSSR count). The molecule has 0 aliphatic rings. The highest BCUT2D eigenvalue weighted by Crippen LogP contribution is 2.11. The Bertz CT molecular complexity index is 457. The van der Waals surface area contributed by atoms with Crippen LogP contribution in [0.2, 0.25) is 0 Å². The average molecular weight is 278 g/mol. The zero-order valence-corrected chi connectivity index (χ0v) is 12.1. The van der Waals surface area contributed by atoms with Crippen molar-refractivity contribution in [1.29, 1.82) is 0 Å². The van der Waals surface area contributed by atoms with E-state index in [4.69, 9.17) is 5.73 Å². The number of nitrogens with two attached hydrogens (primary N) is 1. The Kier molecular flexibility index (Phi) is 5.83. The molecule has 110 valence electrons. The van der Waals surface area contributed by atoms with Crippen LogP contribution in [0, 0.1) is 0 Å². The van der Waals surface area contributed by atoms with E-state index in [1.165, 1.54) is 4.90 Å². The summed E-state index contributed by atoms with van der Waals surface area (Å²) in [5, 5.41) is 5.49. The van der Waals surface area contributed by atoms with E-state index in [1.54, 1.807) is 24.3 Å². The number of nitrogens with zero attached hydrogens (tertiary/aromatic N) is 1. The van der Waals surface area contributed by atoms with Gasteiger partial charge >= 0.3 is 6.03 Å². The second kappa shape index (κ2) is 7.37. The van der Waals surface area contributed by atoms with Crippen LogP contribution in [0.3, 0.4) is 0 Å². The van der Waals surface area contributed by atoms with Crippen molar-refractivity contribution < 1.29 is 9.59 Å². The Morgan fingerprint density at radius 2 is 1.85 bits per heavy atom. The molecule has 0 fully saturated rings. The van der Waals surface area contributed by atoms with E-state index >= 15 is 0 Å². The normalized spacial score (nSPS) is 10.2. The van der Waals surface area contributed by atoms with Crippen LogP contribution in [-0.4, -0.2) is 36.0 Å². The van der Waals surface area contributed by atoms with E-state index in [0.29, 0.717) is 17.9 Å². The van der Waals surface area contributed by atoms with Gasteiger partial charge in [-0.25, -0.2) is 4.79 Å². The van der Waals surface area contributed by atoms with Crippen LogP contribution >= 0.6 is 0 Å². The first kappa shape index (κ1) is 15.8. The van der Waals surface area contributed by atoms with Gasteiger partial charge in [0.25, 0.3) is 0 Å². The first-order chi connectivity index (χ1) is 9.42. The number of nitrogen functional groups attached to an aromatic ring is 1. The van der Waals surface area contributed by atoms with Gasteiger partial charge in [0.1, 0.15) is 6.54 Å². The van der Waals surface area contributed by atoms with Gasteiger partial charge in [-0.15, -0.1) is 0 Å². The molecule has 6 nitrogen and oxygen atoms in total. The SMILES string of the molecule is CCN(CC(=O)NC(C)C)C(=O)Nc1ccc(N)cc1. The maximum atomic E-state index is 12.1. The number of carbonyl (C=O) groups is 2. The molecule has 20 heavy (non-hydrogen) atoms. The van der Waals surface area contributed by atoms with E-state index in [9.17, 15) is 9.59 Å². The van der Waals surface area contributed by atoms with Crippen molar-refractivity contribution in [2.45, 2.75) is 26.8 Å². The van der Waals surface area contributed by atoms with Crippen molar-refractivity contribution in [2.75, 3.05) is 24.1 Å². The molecule has 6 heteroatoms. The van der Waals surface area contributed by atoms with Crippen molar-refractivity contribution in [3.63, 3.8) is 0 Å². The Hall–Kier alpha value is -2.24. The molecule has 1 aromatic rings. The molecule has 0 saturated heterocycles. The lowest BCUT2D eigenvalue weighted by atomic mass is 10.3. The summed E-state index contributed by atoms with van der Waals surface area (Å²) in [6.45, 7) is 6.07. The minimum absolute atomic E-state index is 0.0372. The number of carbonyl (C=O) groups excluding carboxylic acids is 2. The minimum Gasteiger partial charge on any atom is -0.399 e. The molecule has 3 amide bonds. The number of urea groups is 1. The van der Waals surface area contributed by atoms with E-state index in [2.05, 4.69) is 10.6 Å². The van der Waals surface area contributed by atoms with Gasteiger partial charge in [-0.3, -0.25) is 4.79 Å². The average Bonchev–Trinajstić information content (AvgIpc) is 2.37. The van der Waals surface area contributed by atoms with Gasteiger partial charge in [-0.2, -0.15) is 0 Å². The first-order valence-corrected chi connectivity index (χ1v) is 6.63. The molecule has 4 N–H and O–H groups in total. The third-order valence-electron chi connectivity index (χ3n) is 2.62. The molecule has 0 heterocycles. The summed E-state index contributed by atoms with van der Waals surface area (Å²) >= 11 is 0. The molecule has 0 bridgehead atoms. The van der Waals surface area contributed by atoms with Crippen LogP contribution in [0.4, 0.5) is 16.2 Å². The van der Waals surface area contributed by atoms with Crippen molar-refractivity contribution in [1.82, 2.24) is 10.2 Å². The number of nitrogens with one attached hydrogen (secondary N) is 2. The van der Waals surface area contributed by atoms with Crippen molar-refractivity contribution in [2.24, 2.45) is 0 Å². The Labute approximate surface area is 119 Å². The molecule has 0 aliphatic heterocycles. The van der Waals surface area contributed by atoms with E-state index < -0.39 is 0 Å². The monoisotopic (exact) mass is 278 g/mol. The lowest BCUT2D eigenvalue weighted by Gasteiger charge is -2.21. The second-order valence-corrected chi connectivity index (χ2v) is 4.79. The fourth-order valence-electron chi connectivity index (χ4n) is 1.64. The van der Waals surface area contributed by atoms with E-state index in [-0.39, 0.29) is 24.5 Å². The van der Waals surface area contributed by atoms with Gasteiger partial charge in [0.05, 0.1) is 0 Å². The smallest absolute Gasteiger partial charge is 0.322 e. The number of amides is 3. The molecule has 0 radical (unpaired) electrons. The number of hydrogen-bond acceptors (Lipinski definition) is 3. The van der Waals surface area contributed by atoms with Gasteiger partial charge in [0.15, 0.2) is 0 Å². The highest BCUT2D eigenvalue weighted by Gasteiger charge is 2.15. The molecular formula is C14H22N4O2. The van der Waals surface area contributed by atoms with E-state index in [0.717, 1.165) is 0 Å². The van der Waals surface area contributed by atoms with Crippen LogP contribution in [-0.2, 0) is 4.79 Å². The second-order valence-electron chi connectivity index (χ2n) is 4.79. The van der Waals surface area contributed by atoms with Crippen LogP contribution in [0.1, 0.15) is 20.8 Å². The van der Waals surface area contributed by atoms with Crippen LogP contribution in [0.25, 0.3) is 0 Å². The van der Waals surface area contributed by atoms with Gasteiger partial charge in [-0.05, 0) is 45.0 Å². The predicted octanol–water partition coefficient (Wildman–Crippen LogP) is 1.65. The molecule has 0 aliphatic carbocycles. The molecule has 0 aromatic heterocycles. The number of benzene rings is 1. The lowest BCUT2D eigenvalue weighted by Crippen LogP contribution is -2.44. The summed E-state index contributed by atoms with van der Waals surface area (Å²) in [5.41, 5.74) is 6.86. The van der Waals surface area contributed by atoms with Crippen LogP contribution in [0.5, 0.6) is 0 Å². The van der Waals surface area contributed by atoms with Crippen molar-refractivity contribution in [3.8, 4) is 0 Å². The quantitative estimate of drug-likeness (QED) is 0.716. The first-order valence-electron chi connectivity index (χ1n) is 6.63. The van der Waals surface area contributed by atoms with Crippen molar-refractivity contribution >= 4 is 23.3 Å².